The molecule has 1 atom stereocenters. The van der Waals surface area contributed by atoms with Gasteiger partial charge in [0.1, 0.15) is 0 Å². The highest BCUT2D eigenvalue weighted by atomic mass is 16.4. The number of rotatable bonds is 2. The van der Waals surface area contributed by atoms with Gasteiger partial charge in [-0.1, -0.05) is 0 Å². The van der Waals surface area contributed by atoms with Crippen molar-refractivity contribution in [2.75, 3.05) is 0 Å². The number of carbonyl (C=O) groups is 2. The first-order chi connectivity index (χ1) is 6.24. The molecule has 2 rings (SSSR count). The van der Waals surface area contributed by atoms with Crippen molar-refractivity contribution in [2.24, 2.45) is 0 Å². The summed E-state index contributed by atoms with van der Waals surface area (Å²) in [5.74, 6) is -1.25. The van der Waals surface area contributed by atoms with Crippen LogP contribution in [0.4, 0.5) is 0 Å². The van der Waals surface area contributed by atoms with Crippen LogP contribution in [0.5, 0.6) is 0 Å². The van der Waals surface area contributed by atoms with Crippen LogP contribution in [-0.4, -0.2) is 21.9 Å². The largest absolute Gasteiger partial charge is 0.481 e. The van der Waals surface area contributed by atoms with Crippen LogP contribution in [0.2, 0.25) is 0 Å². The number of carbonyl (C=O) groups excluding carboxylic acids is 1. The Morgan fingerprint density at radius 3 is 3.00 bits per heavy atom. The minimum absolute atomic E-state index is 0.436. The normalized spacial score (nSPS) is 19.8. The smallest absolute Gasteiger partial charge is 0.312 e. The van der Waals surface area contributed by atoms with Gasteiger partial charge in [-0.25, -0.2) is 0 Å². The highest BCUT2D eigenvalue weighted by molar-refractivity contribution is 5.78. The molecule has 1 N–H and O–H groups in total. The van der Waals surface area contributed by atoms with E-state index in [4.69, 9.17) is 5.11 Å². The van der Waals surface area contributed by atoms with Gasteiger partial charge in [0.15, 0.2) is 6.29 Å². The van der Waals surface area contributed by atoms with E-state index in [1.165, 1.54) is 0 Å². The fourth-order valence-electron chi connectivity index (χ4n) is 1.82. The summed E-state index contributed by atoms with van der Waals surface area (Å²) in [5.41, 5.74) is 1.31. The molecule has 1 aromatic rings. The maximum absolute atomic E-state index is 10.8. The van der Waals surface area contributed by atoms with E-state index in [0.717, 1.165) is 12.0 Å². The van der Waals surface area contributed by atoms with Crippen LogP contribution in [0, 0.1) is 0 Å². The lowest BCUT2D eigenvalue weighted by molar-refractivity contribution is -0.138. The lowest BCUT2D eigenvalue weighted by atomic mass is 10.1. The fourth-order valence-corrected chi connectivity index (χ4v) is 1.82. The van der Waals surface area contributed by atoms with Gasteiger partial charge in [-0.2, -0.15) is 0 Å². The third kappa shape index (κ3) is 1.06. The number of hydrogen-bond acceptors (Lipinski definition) is 2. The van der Waals surface area contributed by atoms with Gasteiger partial charge < -0.3 is 9.67 Å². The van der Waals surface area contributed by atoms with Gasteiger partial charge in [-0.3, -0.25) is 9.59 Å². The molecule has 4 heteroatoms. The fraction of sp³-hybridized carbons (Fsp3) is 0.333. The summed E-state index contributed by atoms with van der Waals surface area (Å²) in [6, 6.07) is 3.38. The Kier molecular flexibility index (Phi) is 1.69. The Morgan fingerprint density at radius 2 is 2.38 bits per heavy atom. The number of nitrogens with zero attached hydrogens (tertiary/aromatic N) is 1. The van der Waals surface area contributed by atoms with Gasteiger partial charge in [0.2, 0.25) is 0 Å². The second-order valence-corrected chi connectivity index (χ2v) is 3.13. The minimum Gasteiger partial charge on any atom is -0.481 e. The van der Waals surface area contributed by atoms with Crippen molar-refractivity contribution >= 4 is 12.3 Å². The van der Waals surface area contributed by atoms with Crippen molar-refractivity contribution in [1.29, 1.82) is 0 Å². The number of carboxylic acid groups (broad SMARTS) is 1. The Morgan fingerprint density at radius 1 is 1.62 bits per heavy atom. The molecule has 0 saturated heterocycles. The van der Waals surface area contributed by atoms with Gasteiger partial charge in [0, 0.05) is 12.2 Å². The van der Waals surface area contributed by atoms with Crippen molar-refractivity contribution in [3.63, 3.8) is 0 Å². The molecule has 0 saturated carbocycles. The van der Waals surface area contributed by atoms with E-state index in [2.05, 4.69) is 0 Å². The summed E-state index contributed by atoms with van der Waals surface area (Å²) in [4.78, 5) is 21.3. The zero-order chi connectivity index (χ0) is 9.42. The lowest BCUT2D eigenvalue weighted by Crippen LogP contribution is -2.07. The molecule has 1 aliphatic rings. The molecule has 1 aromatic heterocycles. The van der Waals surface area contributed by atoms with Gasteiger partial charge in [-0.05, 0) is 18.6 Å². The Balaban J connectivity index is 2.44. The van der Waals surface area contributed by atoms with Gasteiger partial charge in [0.25, 0.3) is 0 Å². The summed E-state index contributed by atoms with van der Waals surface area (Å²) in [5, 5.41) is 8.84. The Labute approximate surface area is 74.8 Å². The second-order valence-electron chi connectivity index (χ2n) is 3.13. The zero-order valence-electron chi connectivity index (χ0n) is 6.93. The molecule has 1 unspecified atom stereocenters. The van der Waals surface area contributed by atoms with Crippen LogP contribution in [-0.2, 0) is 11.3 Å². The number of hydrogen-bond donors (Lipinski definition) is 1. The Hall–Kier alpha value is -1.58. The van der Waals surface area contributed by atoms with E-state index in [1.54, 1.807) is 16.7 Å². The number of aliphatic carboxylic acids is 1. The number of aldehydes is 1. The molecule has 0 amide bonds. The van der Waals surface area contributed by atoms with E-state index >= 15 is 0 Å². The molecule has 68 valence electrons. The summed E-state index contributed by atoms with van der Waals surface area (Å²) in [6.07, 6.45) is 1.35. The summed E-state index contributed by atoms with van der Waals surface area (Å²) in [6.45, 7) is 0.632. The van der Waals surface area contributed by atoms with Crippen molar-refractivity contribution in [3.8, 4) is 0 Å². The molecule has 4 nitrogen and oxygen atoms in total. The molecule has 0 fully saturated rings. The van der Waals surface area contributed by atoms with Crippen LogP contribution in [0.1, 0.15) is 28.5 Å². The standard InChI is InChI=1S/C9H9NO3/c11-5-6-1-2-8-7(9(12)13)3-4-10(6)8/h1-2,5,7H,3-4H2,(H,12,13). The molecular formula is C9H9NO3. The maximum Gasteiger partial charge on any atom is 0.312 e. The first-order valence-electron chi connectivity index (χ1n) is 4.11. The number of fused-ring (bicyclic) bond motifs is 1. The number of aromatic nitrogens is 1. The summed E-state index contributed by atoms with van der Waals surface area (Å²) in [7, 11) is 0. The van der Waals surface area contributed by atoms with Crippen LogP contribution in [0.25, 0.3) is 0 Å². The van der Waals surface area contributed by atoms with Gasteiger partial charge >= 0.3 is 5.97 Å². The number of carboxylic acids is 1. The molecule has 2 heterocycles. The molecule has 13 heavy (non-hydrogen) atoms. The zero-order valence-corrected chi connectivity index (χ0v) is 6.93. The predicted octanol–water partition coefficient (Wildman–Crippen LogP) is 0.873. The average Bonchev–Trinajstić information content (AvgIpc) is 2.61. The quantitative estimate of drug-likeness (QED) is 0.685. The van der Waals surface area contributed by atoms with E-state index in [1.807, 2.05) is 0 Å². The molecule has 0 bridgehead atoms. The van der Waals surface area contributed by atoms with Gasteiger partial charge in [0.05, 0.1) is 11.6 Å². The van der Waals surface area contributed by atoms with Crippen molar-refractivity contribution < 1.29 is 14.7 Å². The monoisotopic (exact) mass is 179 g/mol. The van der Waals surface area contributed by atoms with E-state index in [-0.39, 0.29) is 0 Å². The van der Waals surface area contributed by atoms with Crippen LogP contribution < -0.4 is 0 Å². The maximum atomic E-state index is 10.8. The first-order valence-corrected chi connectivity index (χ1v) is 4.11. The van der Waals surface area contributed by atoms with E-state index < -0.39 is 11.9 Å². The topological polar surface area (TPSA) is 59.3 Å². The SMILES string of the molecule is O=Cc1ccc2n1CCC2C(=O)O. The third-order valence-electron chi connectivity index (χ3n) is 2.47. The van der Waals surface area contributed by atoms with Gasteiger partial charge in [-0.15, -0.1) is 0 Å². The summed E-state index contributed by atoms with van der Waals surface area (Å²) >= 11 is 0. The molecule has 0 radical (unpaired) electrons. The summed E-state index contributed by atoms with van der Waals surface area (Å²) < 4.78 is 1.77. The average molecular weight is 179 g/mol. The van der Waals surface area contributed by atoms with Crippen LogP contribution >= 0.6 is 0 Å². The third-order valence-corrected chi connectivity index (χ3v) is 2.47. The van der Waals surface area contributed by atoms with Crippen LogP contribution in [0.15, 0.2) is 12.1 Å². The molecule has 0 aromatic carbocycles. The Bertz CT molecular complexity index is 367. The highest BCUT2D eigenvalue weighted by Gasteiger charge is 2.29. The molecule has 1 aliphatic heterocycles. The lowest BCUT2D eigenvalue weighted by Gasteiger charge is -2.00. The molecule has 0 spiro atoms. The van der Waals surface area contributed by atoms with E-state index in [0.29, 0.717) is 18.7 Å². The molecular weight excluding hydrogens is 170 g/mol. The molecule has 0 aliphatic carbocycles. The first kappa shape index (κ1) is 8.04. The second kappa shape index (κ2) is 2.73. The van der Waals surface area contributed by atoms with Crippen molar-refractivity contribution in [1.82, 2.24) is 4.57 Å². The minimum atomic E-state index is -0.811. The van der Waals surface area contributed by atoms with Crippen molar-refractivity contribution in [3.05, 3.63) is 23.5 Å². The van der Waals surface area contributed by atoms with E-state index in [9.17, 15) is 9.59 Å². The van der Waals surface area contributed by atoms with Crippen molar-refractivity contribution in [2.45, 2.75) is 18.9 Å². The highest BCUT2D eigenvalue weighted by Crippen LogP contribution is 2.29. The van der Waals surface area contributed by atoms with Crippen LogP contribution in [0.3, 0.4) is 0 Å². The predicted molar refractivity (Wildman–Crippen MR) is 44.8 cm³/mol.